The number of aryl methyl sites for hydroxylation is 1. The Kier molecular flexibility index (Phi) is 3.57. The molecule has 5 heteroatoms. The zero-order valence-corrected chi connectivity index (χ0v) is 11.4. The second-order valence-corrected chi connectivity index (χ2v) is 5.56. The van der Waals surface area contributed by atoms with E-state index in [0.29, 0.717) is 11.7 Å². The Labute approximate surface area is 114 Å². The highest BCUT2D eigenvalue weighted by atomic mass is 16.5. The monoisotopic (exact) mass is 262 g/mol. The molecule has 19 heavy (non-hydrogen) atoms. The van der Waals surface area contributed by atoms with E-state index in [2.05, 4.69) is 15.2 Å². The van der Waals surface area contributed by atoms with Crippen molar-refractivity contribution in [3.8, 4) is 0 Å². The van der Waals surface area contributed by atoms with Crippen molar-refractivity contribution in [3.05, 3.63) is 17.8 Å². The molecule has 0 aliphatic carbocycles. The highest BCUT2D eigenvalue weighted by molar-refractivity contribution is 5.50. The van der Waals surface area contributed by atoms with Crippen molar-refractivity contribution < 1.29 is 4.74 Å². The number of nitrogens with two attached hydrogens (primary N) is 1. The van der Waals surface area contributed by atoms with Crippen LogP contribution in [-0.2, 0) is 4.74 Å². The summed E-state index contributed by atoms with van der Waals surface area (Å²) in [5, 5.41) is 3.37. The first-order chi connectivity index (χ1) is 9.22. The maximum Gasteiger partial charge on any atom is 0.129 e. The van der Waals surface area contributed by atoms with E-state index < -0.39 is 0 Å². The molecule has 0 bridgehead atoms. The number of nitrogen functional groups attached to an aromatic ring is 1. The van der Waals surface area contributed by atoms with Crippen LogP contribution in [0.4, 0.5) is 11.5 Å². The van der Waals surface area contributed by atoms with E-state index in [0.717, 1.165) is 31.1 Å². The van der Waals surface area contributed by atoms with Crippen molar-refractivity contribution in [3.63, 3.8) is 0 Å². The van der Waals surface area contributed by atoms with Crippen LogP contribution < -0.4 is 11.1 Å². The van der Waals surface area contributed by atoms with Crippen LogP contribution in [-0.4, -0.2) is 48.3 Å². The fourth-order valence-corrected chi connectivity index (χ4v) is 3.00. The third-order valence-electron chi connectivity index (χ3n) is 4.06. The molecule has 3 rings (SSSR count). The van der Waals surface area contributed by atoms with Crippen LogP contribution in [0.2, 0.25) is 0 Å². The Morgan fingerprint density at radius 1 is 1.58 bits per heavy atom. The lowest BCUT2D eigenvalue weighted by Gasteiger charge is -2.35. The van der Waals surface area contributed by atoms with Crippen molar-refractivity contribution in [2.75, 3.05) is 37.3 Å². The minimum atomic E-state index is 0.258. The Balaban J connectivity index is 1.54. The molecule has 0 saturated carbocycles. The van der Waals surface area contributed by atoms with Gasteiger partial charge in [0.05, 0.1) is 24.6 Å². The molecule has 2 saturated heterocycles. The molecule has 1 aromatic rings. The van der Waals surface area contributed by atoms with Crippen molar-refractivity contribution in [2.45, 2.75) is 31.9 Å². The summed E-state index contributed by atoms with van der Waals surface area (Å²) in [5.41, 5.74) is 7.49. The summed E-state index contributed by atoms with van der Waals surface area (Å²) in [4.78, 5) is 6.88. The van der Waals surface area contributed by atoms with Gasteiger partial charge in [-0.2, -0.15) is 0 Å². The number of anilines is 2. The molecule has 2 atom stereocenters. The van der Waals surface area contributed by atoms with Crippen molar-refractivity contribution in [2.24, 2.45) is 0 Å². The fraction of sp³-hybridized carbons (Fsp3) is 0.643. The Hall–Kier alpha value is -1.33. The number of nitrogens with one attached hydrogen (secondary N) is 1. The normalized spacial score (nSPS) is 27.2. The first-order valence-corrected chi connectivity index (χ1v) is 7.04. The number of nitrogens with zero attached hydrogens (tertiary/aromatic N) is 2. The molecule has 0 radical (unpaired) electrons. The fourth-order valence-electron chi connectivity index (χ4n) is 3.00. The van der Waals surface area contributed by atoms with Gasteiger partial charge in [-0.1, -0.05) is 0 Å². The predicted octanol–water partition coefficient (Wildman–Crippen LogP) is 1.25. The van der Waals surface area contributed by atoms with E-state index in [9.17, 15) is 0 Å². The van der Waals surface area contributed by atoms with Crippen molar-refractivity contribution >= 4 is 11.5 Å². The number of fused-ring (bicyclic) bond motifs is 1. The second-order valence-electron chi connectivity index (χ2n) is 5.56. The number of pyridine rings is 1. The number of aromatic nitrogens is 1. The predicted molar refractivity (Wildman–Crippen MR) is 76.2 cm³/mol. The lowest BCUT2D eigenvalue weighted by Crippen LogP contribution is -2.48. The van der Waals surface area contributed by atoms with Crippen LogP contribution in [0.1, 0.15) is 18.4 Å². The van der Waals surface area contributed by atoms with Crippen molar-refractivity contribution in [1.82, 2.24) is 9.88 Å². The van der Waals surface area contributed by atoms with Gasteiger partial charge in [0.1, 0.15) is 5.82 Å². The molecule has 2 aliphatic rings. The molecular formula is C14H22N4O. The number of rotatable bonds is 3. The number of hydrogen-bond donors (Lipinski definition) is 2. The van der Waals surface area contributed by atoms with Crippen LogP contribution in [0.3, 0.4) is 0 Å². The third-order valence-corrected chi connectivity index (χ3v) is 4.06. The SMILES string of the molecule is Cc1cc(N)cnc1NCC1CN2CCCC2CO1. The van der Waals surface area contributed by atoms with E-state index in [1.165, 1.54) is 19.4 Å². The zero-order valence-electron chi connectivity index (χ0n) is 11.4. The molecule has 104 valence electrons. The average Bonchev–Trinajstić information content (AvgIpc) is 2.85. The van der Waals surface area contributed by atoms with Crippen LogP contribution in [0.25, 0.3) is 0 Å². The van der Waals surface area contributed by atoms with Crippen LogP contribution in [0, 0.1) is 6.92 Å². The largest absolute Gasteiger partial charge is 0.397 e. The molecule has 3 N–H and O–H groups in total. The molecule has 1 aromatic heterocycles. The molecule has 0 amide bonds. The quantitative estimate of drug-likeness (QED) is 0.858. The summed E-state index contributed by atoms with van der Waals surface area (Å²) >= 11 is 0. The number of morpholine rings is 1. The van der Waals surface area contributed by atoms with Gasteiger partial charge in [0.15, 0.2) is 0 Å². The van der Waals surface area contributed by atoms with E-state index in [4.69, 9.17) is 10.5 Å². The summed E-state index contributed by atoms with van der Waals surface area (Å²) in [5.74, 6) is 0.904. The van der Waals surface area contributed by atoms with E-state index in [-0.39, 0.29) is 6.10 Å². The van der Waals surface area contributed by atoms with Gasteiger partial charge in [-0.25, -0.2) is 4.98 Å². The average molecular weight is 262 g/mol. The first kappa shape index (κ1) is 12.7. The third kappa shape index (κ3) is 2.82. The molecule has 2 aliphatic heterocycles. The highest BCUT2D eigenvalue weighted by Gasteiger charge is 2.31. The van der Waals surface area contributed by atoms with Gasteiger partial charge in [-0.15, -0.1) is 0 Å². The molecule has 5 nitrogen and oxygen atoms in total. The lowest BCUT2D eigenvalue weighted by atomic mass is 10.2. The standard InChI is InChI=1S/C14H22N4O/c1-10-5-11(15)6-16-14(10)17-7-13-8-18-4-2-3-12(18)9-19-13/h5-6,12-13H,2-4,7-9,15H2,1H3,(H,16,17). The van der Waals surface area contributed by atoms with E-state index in [1.807, 2.05) is 13.0 Å². The van der Waals surface area contributed by atoms with Gasteiger partial charge < -0.3 is 15.8 Å². The molecule has 0 spiro atoms. The van der Waals surface area contributed by atoms with Gasteiger partial charge in [-0.05, 0) is 37.9 Å². The highest BCUT2D eigenvalue weighted by Crippen LogP contribution is 2.23. The van der Waals surface area contributed by atoms with Gasteiger partial charge in [0.2, 0.25) is 0 Å². The smallest absolute Gasteiger partial charge is 0.129 e. The van der Waals surface area contributed by atoms with E-state index >= 15 is 0 Å². The topological polar surface area (TPSA) is 63.4 Å². The molecule has 2 fully saturated rings. The summed E-state index contributed by atoms with van der Waals surface area (Å²) in [6.45, 7) is 5.96. The second kappa shape index (κ2) is 5.35. The summed E-state index contributed by atoms with van der Waals surface area (Å²) in [6, 6.07) is 2.60. The Morgan fingerprint density at radius 3 is 3.32 bits per heavy atom. The Bertz CT molecular complexity index is 451. The number of ether oxygens (including phenoxy) is 1. The van der Waals surface area contributed by atoms with Gasteiger partial charge in [0.25, 0.3) is 0 Å². The van der Waals surface area contributed by atoms with E-state index in [1.54, 1.807) is 6.20 Å². The van der Waals surface area contributed by atoms with Gasteiger partial charge in [0, 0.05) is 19.1 Å². The van der Waals surface area contributed by atoms with Crippen molar-refractivity contribution in [1.29, 1.82) is 0 Å². The van der Waals surface area contributed by atoms with Gasteiger partial charge in [-0.3, -0.25) is 4.90 Å². The van der Waals surface area contributed by atoms with Gasteiger partial charge >= 0.3 is 0 Å². The van der Waals surface area contributed by atoms with Crippen LogP contribution in [0.15, 0.2) is 12.3 Å². The molecule has 3 heterocycles. The minimum absolute atomic E-state index is 0.258. The molecule has 0 aromatic carbocycles. The molecular weight excluding hydrogens is 240 g/mol. The maximum absolute atomic E-state index is 5.92. The summed E-state index contributed by atoms with van der Waals surface area (Å²) < 4.78 is 5.92. The number of hydrogen-bond acceptors (Lipinski definition) is 5. The summed E-state index contributed by atoms with van der Waals surface area (Å²) in [7, 11) is 0. The van der Waals surface area contributed by atoms with Crippen LogP contribution >= 0.6 is 0 Å². The zero-order chi connectivity index (χ0) is 13.2. The van der Waals surface area contributed by atoms with Crippen LogP contribution in [0.5, 0.6) is 0 Å². The lowest BCUT2D eigenvalue weighted by molar-refractivity contribution is -0.0416. The molecule has 2 unspecified atom stereocenters. The first-order valence-electron chi connectivity index (χ1n) is 7.04. The maximum atomic E-state index is 5.92. The Morgan fingerprint density at radius 2 is 2.47 bits per heavy atom. The minimum Gasteiger partial charge on any atom is -0.397 e. The summed E-state index contributed by atoms with van der Waals surface area (Å²) in [6.07, 6.45) is 4.55.